The van der Waals surface area contributed by atoms with E-state index in [0.29, 0.717) is 12.3 Å². The summed E-state index contributed by atoms with van der Waals surface area (Å²) in [5.74, 6) is 0. The Bertz CT molecular complexity index is 470. The Morgan fingerprint density at radius 1 is 1.33 bits per heavy atom. The van der Waals surface area contributed by atoms with Crippen molar-refractivity contribution in [2.24, 2.45) is 0 Å². The van der Waals surface area contributed by atoms with Gasteiger partial charge in [-0.2, -0.15) is 13.2 Å². The Kier molecular flexibility index (Phi) is 5.40. The SMILES string of the molecule is CCOC1CC(Nc2ccccc2SC(F)(F)F)C1OC. The second kappa shape index (κ2) is 6.89. The van der Waals surface area contributed by atoms with Crippen LogP contribution in [0, 0.1) is 0 Å². The Morgan fingerprint density at radius 3 is 2.67 bits per heavy atom. The van der Waals surface area contributed by atoms with Crippen LogP contribution in [0.3, 0.4) is 0 Å². The molecule has 3 unspecified atom stereocenters. The van der Waals surface area contributed by atoms with E-state index in [1.54, 1.807) is 25.3 Å². The van der Waals surface area contributed by atoms with Crippen LogP contribution in [0.4, 0.5) is 18.9 Å². The van der Waals surface area contributed by atoms with Crippen molar-refractivity contribution < 1.29 is 22.6 Å². The number of thioether (sulfide) groups is 1. The van der Waals surface area contributed by atoms with Crippen LogP contribution >= 0.6 is 11.8 Å². The zero-order valence-corrected chi connectivity index (χ0v) is 12.6. The fourth-order valence-corrected chi connectivity index (χ4v) is 3.05. The van der Waals surface area contributed by atoms with Crippen LogP contribution < -0.4 is 5.32 Å². The number of para-hydroxylation sites is 1. The van der Waals surface area contributed by atoms with Gasteiger partial charge in [-0.3, -0.25) is 0 Å². The van der Waals surface area contributed by atoms with Gasteiger partial charge in [0.05, 0.1) is 12.1 Å². The van der Waals surface area contributed by atoms with Crippen molar-refractivity contribution in [3.63, 3.8) is 0 Å². The number of hydrogen-bond acceptors (Lipinski definition) is 4. The van der Waals surface area contributed by atoms with Gasteiger partial charge in [-0.05, 0) is 37.2 Å². The van der Waals surface area contributed by atoms with Crippen LogP contribution in [0.5, 0.6) is 0 Å². The molecule has 0 aliphatic heterocycles. The summed E-state index contributed by atoms with van der Waals surface area (Å²) in [4.78, 5) is 0.166. The third-order valence-electron chi connectivity index (χ3n) is 3.36. The number of methoxy groups -OCH3 is 1. The van der Waals surface area contributed by atoms with E-state index < -0.39 is 5.51 Å². The Balaban J connectivity index is 2.03. The summed E-state index contributed by atoms with van der Waals surface area (Å²) in [6.07, 6.45) is 0.575. The molecule has 3 atom stereocenters. The number of hydrogen-bond donors (Lipinski definition) is 1. The number of benzene rings is 1. The van der Waals surface area contributed by atoms with Gasteiger partial charge < -0.3 is 14.8 Å². The molecular formula is C14H18F3NO2S. The molecule has 1 aliphatic carbocycles. The molecular weight excluding hydrogens is 303 g/mol. The lowest BCUT2D eigenvalue weighted by atomic mass is 9.85. The summed E-state index contributed by atoms with van der Waals surface area (Å²) in [7, 11) is 1.58. The molecule has 0 aromatic heterocycles. The first-order valence-corrected chi connectivity index (χ1v) is 7.52. The average Bonchev–Trinajstić information content (AvgIpc) is 2.38. The molecule has 2 rings (SSSR count). The highest BCUT2D eigenvalue weighted by Crippen LogP contribution is 2.41. The maximum atomic E-state index is 12.6. The lowest BCUT2D eigenvalue weighted by molar-refractivity contribution is -0.118. The smallest absolute Gasteiger partial charge is 0.379 e. The van der Waals surface area contributed by atoms with Crippen LogP contribution in [0.2, 0.25) is 0 Å². The van der Waals surface area contributed by atoms with Crippen molar-refractivity contribution in [1.29, 1.82) is 0 Å². The zero-order chi connectivity index (χ0) is 15.5. The molecule has 1 aliphatic rings. The van der Waals surface area contributed by atoms with Crippen molar-refractivity contribution in [2.45, 2.75) is 42.0 Å². The molecule has 0 radical (unpaired) electrons. The van der Waals surface area contributed by atoms with E-state index in [0.717, 1.165) is 6.42 Å². The third-order valence-corrected chi connectivity index (χ3v) is 4.16. The van der Waals surface area contributed by atoms with Gasteiger partial charge in [0, 0.05) is 24.3 Å². The summed E-state index contributed by atoms with van der Waals surface area (Å²) < 4.78 is 48.5. The monoisotopic (exact) mass is 321 g/mol. The number of alkyl halides is 3. The molecule has 21 heavy (non-hydrogen) atoms. The molecule has 118 valence electrons. The van der Waals surface area contributed by atoms with Gasteiger partial charge in [0.2, 0.25) is 0 Å². The first kappa shape index (κ1) is 16.5. The van der Waals surface area contributed by atoms with E-state index in [1.165, 1.54) is 6.07 Å². The highest BCUT2D eigenvalue weighted by Gasteiger charge is 2.42. The summed E-state index contributed by atoms with van der Waals surface area (Å²) >= 11 is -0.111. The van der Waals surface area contributed by atoms with Gasteiger partial charge in [-0.15, -0.1) is 0 Å². The minimum absolute atomic E-state index is 0.0000635. The van der Waals surface area contributed by atoms with E-state index in [-0.39, 0.29) is 34.9 Å². The summed E-state index contributed by atoms with van der Waals surface area (Å²) in [5, 5.41) is 3.13. The van der Waals surface area contributed by atoms with Crippen LogP contribution in [-0.2, 0) is 9.47 Å². The number of anilines is 1. The fourth-order valence-electron chi connectivity index (χ4n) is 2.42. The fraction of sp³-hybridized carbons (Fsp3) is 0.571. The van der Waals surface area contributed by atoms with Crippen molar-refractivity contribution >= 4 is 17.4 Å². The van der Waals surface area contributed by atoms with Crippen LogP contribution in [-0.4, -0.2) is 37.5 Å². The zero-order valence-electron chi connectivity index (χ0n) is 11.8. The summed E-state index contributed by atoms with van der Waals surface area (Å²) in [6.45, 7) is 2.50. The molecule has 1 aromatic rings. The van der Waals surface area contributed by atoms with Gasteiger partial charge in [0.25, 0.3) is 0 Å². The summed E-state index contributed by atoms with van der Waals surface area (Å²) in [6, 6.07) is 6.37. The highest BCUT2D eigenvalue weighted by atomic mass is 32.2. The van der Waals surface area contributed by atoms with Crippen molar-refractivity contribution in [2.75, 3.05) is 19.0 Å². The molecule has 7 heteroatoms. The van der Waals surface area contributed by atoms with Gasteiger partial charge in [-0.25, -0.2) is 0 Å². The molecule has 1 aromatic carbocycles. The number of ether oxygens (including phenoxy) is 2. The molecule has 1 saturated carbocycles. The topological polar surface area (TPSA) is 30.5 Å². The second-order valence-electron chi connectivity index (χ2n) is 4.72. The maximum Gasteiger partial charge on any atom is 0.446 e. The first-order valence-electron chi connectivity index (χ1n) is 6.70. The first-order chi connectivity index (χ1) is 9.94. The predicted molar refractivity (Wildman–Crippen MR) is 76.6 cm³/mol. The van der Waals surface area contributed by atoms with Gasteiger partial charge in [0.15, 0.2) is 0 Å². The van der Waals surface area contributed by atoms with Gasteiger partial charge in [-0.1, -0.05) is 12.1 Å². The predicted octanol–water partition coefficient (Wildman–Crippen LogP) is 3.90. The van der Waals surface area contributed by atoms with E-state index >= 15 is 0 Å². The van der Waals surface area contributed by atoms with E-state index in [1.807, 2.05) is 6.92 Å². The van der Waals surface area contributed by atoms with Gasteiger partial charge in [0.1, 0.15) is 6.10 Å². The maximum absolute atomic E-state index is 12.6. The van der Waals surface area contributed by atoms with Crippen LogP contribution in [0.15, 0.2) is 29.2 Å². The van der Waals surface area contributed by atoms with Gasteiger partial charge >= 0.3 is 5.51 Å². The molecule has 0 amide bonds. The largest absolute Gasteiger partial charge is 0.446 e. The Labute approximate surface area is 126 Å². The van der Waals surface area contributed by atoms with Crippen molar-refractivity contribution in [3.05, 3.63) is 24.3 Å². The minimum Gasteiger partial charge on any atom is -0.379 e. The standard InChI is InChI=1S/C14H18F3NO2S/c1-3-20-11-8-10(13(11)19-2)18-9-6-4-5-7-12(9)21-14(15,16)17/h4-7,10-11,13,18H,3,8H2,1-2H3. The van der Waals surface area contributed by atoms with Crippen LogP contribution in [0.25, 0.3) is 0 Å². The molecule has 1 N–H and O–H groups in total. The highest BCUT2D eigenvalue weighted by molar-refractivity contribution is 8.00. The minimum atomic E-state index is -4.30. The molecule has 0 saturated heterocycles. The summed E-state index contributed by atoms with van der Waals surface area (Å²) in [5.41, 5.74) is -3.83. The second-order valence-corrected chi connectivity index (χ2v) is 5.83. The van der Waals surface area contributed by atoms with Crippen molar-refractivity contribution in [3.8, 4) is 0 Å². The van der Waals surface area contributed by atoms with E-state index in [2.05, 4.69) is 5.32 Å². The average molecular weight is 321 g/mol. The lowest BCUT2D eigenvalue weighted by Gasteiger charge is -2.44. The number of rotatable bonds is 6. The third kappa shape index (κ3) is 4.28. The molecule has 0 heterocycles. The van der Waals surface area contributed by atoms with E-state index in [9.17, 15) is 13.2 Å². The Morgan fingerprint density at radius 2 is 2.05 bits per heavy atom. The molecule has 0 spiro atoms. The quantitative estimate of drug-likeness (QED) is 0.805. The van der Waals surface area contributed by atoms with Crippen molar-refractivity contribution in [1.82, 2.24) is 0 Å². The van der Waals surface area contributed by atoms with E-state index in [4.69, 9.17) is 9.47 Å². The number of halogens is 3. The lowest BCUT2D eigenvalue weighted by Crippen LogP contribution is -2.56. The van der Waals surface area contributed by atoms with Crippen LogP contribution in [0.1, 0.15) is 13.3 Å². The molecule has 1 fully saturated rings. The normalized spacial score (nSPS) is 25.5. The Hall–Kier alpha value is -0.920. The number of nitrogens with one attached hydrogen (secondary N) is 1. The molecule has 0 bridgehead atoms. The molecule has 3 nitrogen and oxygen atoms in total.